The molecule has 0 spiro atoms. The fraction of sp³-hybridized carbons (Fsp3) is 0.429. The molecule has 0 aliphatic carbocycles. The van der Waals surface area contributed by atoms with Crippen molar-refractivity contribution in [2.45, 2.75) is 24.7 Å². The van der Waals surface area contributed by atoms with Gasteiger partial charge in [-0.05, 0) is 25.5 Å². The Morgan fingerprint density at radius 3 is 1.95 bits per heavy atom. The van der Waals surface area contributed by atoms with Crippen molar-refractivity contribution < 1.29 is 27.5 Å². The molecule has 1 aromatic carbocycles. The van der Waals surface area contributed by atoms with Crippen molar-refractivity contribution in [3.05, 3.63) is 29.8 Å². The normalized spacial score (nSPS) is 11.2. The van der Waals surface area contributed by atoms with Crippen LogP contribution in [0.15, 0.2) is 29.2 Å². The van der Waals surface area contributed by atoms with E-state index in [-0.39, 0.29) is 23.7 Å². The second-order valence-electron chi connectivity index (χ2n) is 4.25. The Morgan fingerprint density at radius 2 is 1.52 bits per heavy atom. The number of carbonyl (C=O) groups is 2. The summed E-state index contributed by atoms with van der Waals surface area (Å²) in [5.74, 6) is -3.06. The molecule has 0 N–H and O–H groups in total. The summed E-state index contributed by atoms with van der Waals surface area (Å²) in [5.41, 5.74) is 0.0666. The molecule has 7 heteroatoms. The number of rotatable bonds is 6. The molecule has 0 aromatic heterocycles. The van der Waals surface area contributed by atoms with E-state index in [9.17, 15) is 18.0 Å². The fourth-order valence-corrected chi connectivity index (χ4v) is 2.80. The summed E-state index contributed by atoms with van der Waals surface area (Å²) in [6.07, 6.45) is 1.01. The van der Waals surface area contributed by atoms with Gasteiger partial charge in [-0.25, -0.2) is 8.42 Å². The predicted molar refractivity (Wildman–Crippen MR) is 75.6 cm³/mol. The Balaban J connectivity index is 3.40. The number of carbonyl (C=O) groups excluding carboxylic acids is 2. The van der Waals surface area contributed by atoms with E-state index in [0.717, 1.165) is 6.26 Å². The maximum atomic E-state index is 12.0. The molecule has 0 aliphatic heterocycles. The van der Waals surface area contributed by atoms with Crippen LogP contribution < -0.4 is 0 Å². The van der Waals surface area contributed by atoms with E-state index in [4.69, 9.17) is 9.47 Å². The van der Waals surface area contributed by atoms with Crippen molar-refractivity contribution in [2.24, 2.45) is 0 Å². The van der Waals surface area contributed by atoms with E-state index in [1.807, 2.05) is 0 Å². The maximum Gasteiger partial charge on any atom is 0.324 e. The third kappa shape index (κ3) is 4.29. The Hall–Kier alpha value is -1.89. The molecule has 21 heavy (non-hydrogen) atoms. The van der Waals surface area contributed by atoms with Crippen molar-refractivity contribution in [1.29, 1.82) is 0 Å². The van der Waals surface area contributed by atoms with Crippen molar-refractivity contribution >= 4 is 21.8 Å². The van der Waals surface area contributed by atoms with Crippen LogP contribution in [0.3, 0.4) is 0 Å². The van der Waals surface area contributed by atoms with Crippen molar-refractivity contribution in [2.75, 3.05) is 19.5 Å². The summed E-state index contributed by atoms with van der Waals surface area (Å²) in [4.78, 5) is 24.0. The van der Waals surface area contributed by atoms with Gasteiger partial charge in [-0.15, -0.1) is 0 Å². The first-order valence-corrected chi connectivity index (χ1v) is 8.34. The Morgan fingerprint density at radius 1 is 1.05 bits per heavy atom. The molecule has 0 fully saturated rings. The topological polar surface area (TPSA) is 86.7 Å². The lowest BCUT2D eigenvalue weighted by Crippen LogP contribution is -2.27. The zero-order chi connectivity index (χ0) is 16.0. The van der Waals surface area contributed by atoms with Crippen molar-refractivity contribution in [3.8, 4) is 0 Å². The Bertz CT molecular complexity index is 602. The molecule has 0 atom stereocenters. The van der Waals surface area contributed by atoms with Gasteiger partial charge in [-0.1, -0.05) is 18.2 Å². The molecule has 0 saturated carbocycles. The maximum absolute atomic E-state index is 12.0. The van der Waals surface area contributed by atoms with Crippen LogP contribution >= 0.6 is 0 Å². The number of benzene rings is 1. The molecule has 1 rings (SSSR count). The van der Waals surface area contributed by atoms with Gasteiger partial charge in [0, 0.05) is 6.26 Å². The average Bonchev–Trinajstić information content (AvgIpc) is 2.39. The monoisotopic (exact) mass is 314 g/mol. The van der Waals surface area contributed by atoms with Gasteiger partial charge in [0.25, 0.3) is 0 Å². The predicted octanol–water partition coefficient (Wildman–Crippen LogP) is 1.30. The van der Waals surface area contributed by atoms with E-state index in [1.54, 1.807) is 19.9 Å². The van der Waals surface area contributed by atoms with Crippen LogP contribution in [-0.4, -0.2) is 39.8 Å². The molecular formula is C14H18O6S. The molecule has 0 saturated heterocycles. The third-order valence-electron chi connectivity index (χ3n) is 2.67. The molecule has 116 valence electrons. The van der Waals surface area contributed by atoms with E-state index >= 15 is 0 Å². The summed E-state index contributed by atoms with van der Waals surface area (Å²) in [6, 6.07) is 5.83. The van der Waals surface area contributed by atoms with Gasteiger partial charge in [-0.2, -0.15) is 0 Å². The minimum absolute atomic E-state index is 0.0666. The van der Waals surface area contributed by atoms with Crippen LogP contribution in [0, 0.1) is 0 Å². The van der Waals surface area contributed by atoms with E-state index < -0.39 is 27.7 Å². The lowest BCUT2D eigenvalue weighted by atomic mass is 9.99. The highest BCUT2D eigenvalue weighted by Gasteiger charge is 2.34. The fourth-order valence-electron chi connectivity index (χ4n) is 1.86. The minimum Gasteiger partial charge on any atom is -0.465 e. The van der Waals surface area contributed by atoms with Gasteiger partial charge in [-0.3, -0.25) is 9.59 Å². The standard InChI is InChI=1S/C14H18O6S/c1-4-19-13(15)12(14(16)20-5-2)10-8-6-7-9-11(10)21(3,17)18/h6-9,12H,4-5H2,1-3H3. The Kier molecular flexibility index (Phi) is 5.90. The van der Waals surface area contributed by atoms with Crippen LogP contribution in [-0.2, 0) is 28.9 Å². The zero-order valence-corrected chi connectivity index (χ0v) is 13.0. The van der Waals surface area contributed by atoms with Gasteiger partial charge in [0.1, 0.15) is 0 Å². The first-order chi connectivity index (χ1) is 9.82. The number of sulfone groups is 1. The highest BCUT2D eigenvalue weighted by atomic mass is 32.2. The number of hydrogen-bond acceptors (Lipinski definition) is 6. The quantitative estimate of drug-likeness (QED) is 0.581. The molecular weight excluding hydrogens is 296 g/mol. The van der Waals surface area contributed by atoms with Gasteiger partial charge in [0.2, 0.25) is 0 Å². The van der Waals surface area contributed by atoms with Gasteiger partial charge < -0.3 is 9.47 Å². The molecule has 0 heterocycles. The number of esters is 2. The molecule has 0 amide bonds. The van der Waals surface area contributed by atoms with Gasteiger partial charge >= 0.3 is 11.9 Å². The summed E-state index contributed by atoms with van der Waals surface area (Å²) < 4.78 is 33.3. The summed E-state index contributed by atoms with van der Waals surface area (Å²) in [6.45, 7) is 3.36. The minimum atomic E-state index is -3.59. The van der Waals surface area contributed by atoms with Crippen LogP contribution in [0.4, 0.5) is 0 Å². The second kappa shape index (κ2) is 7.21. The number of ether oxygens (including phenoxy) is 2. The molecule has 1 aromatic rings. The van der Waals surface area contributed by atoms with Gasteiger partial charge in [0.05, 0.1) is 18.1 Å². The van der Waals surface area contributed by atoms with Crippen LogP contribution in [0.2, 0.25) is 0 Å². The summed E-state index contributed by atoms with van der Waals surface area (Å²) >= 11 is 0. The lowest BCUT2D eigenvalue weighted by molar-refractivity contribution is -0.157. The lowest BCUT2D eigenvalue weighted by Gasteiger charge is -2.17. The first kappa shape index (κ1) is 17.2. The molecule has 0 unspecified atom stereocenters. The van der Waals surface area contributed by atoms with E-state index in [2.05, 4.69) is 0 Å². The van der Waals surface area contributed by atoms with Crippen LogP contribution in [0.5, 0.6) is 0 Å². The summed E-state index contributed by atoms with van der Waals surface area (Å²) in [5, 5.41) is 0. The first-order valence-electron chi connectivity index (χ1n) is 6.45. The smallest absolute Gasteiger partial charge is 0.324 e. The highest BCUT2D eigenvalue weighted by molar-refractivity contribution is 7.90. The van der Waals surface area contributed by atoms with Crippen LogP contribution in [0.25, 0.3) is 0 Å². The Labute approximate surface area is 124 Å². The average molecular weight is 314 g/mol. The largest absolute Gasteiger partial charge is 0.465 e. The molecule has 0 bridgehead atoms. The highest BCUT2D eigenvalue weighted by Crippen LogP contribution is 2.26. The second-order valence-corrected chi connectivity index (χ2v) is 6.23. The van der Waals surface area contributed by atoms with Crippen molar-refractivity contribution in [1.82, 2.24) is 0 Å². The third-order valence-corrected chi connectivity index (χ3v) is 3.84. The van der Waals surface area contributed by atoms with E-state index in [0.29, 0.717) is 0 Å². The van der Waals surface area contributed by atoms with Gasteiger partial charge in [0.15, 0.2) is 15.8 Å². The molecule has 0 aliphatic rings. The number of hydrogen-bond donors (Lipinski definition) is 0. The molecule has 0 radical (unpaired) electrons. The van der Waals surface area contributed by atoms with Crippen molar-refractivity contribution in [3.63, 3.8) is 0 Å². The van der Waals surface area contributed by atoms with E-state index in [1.165, 1.54) is 18.2 Å². The SMILES string of the molecule is CCOC(=O)C(C(=O)OCC)c1ccccc1S(C)(=O)=O. The zero-order valence-electron chi connectivity index (χ0n) is 12.2. The molecule has 6 nitrogen and oxygen atoms in total. The summed E-state index contributed by atoms with van der Waals surface area (Å²) in [7, 11) is -3.59. The van der Waals surface area contributed by atoms with Crippen LogP contribution in [0.1, 0.15) is 25.3 Å².